The lowest BCUT2D eigenvalue weighted by molar-refractivity contribution is 0.0527. The lowest BCUT2D eigenvalue weighted by Gasteiger charge is -2.05. The molecule has 0 aliphatic rings. The lowest BCUT2D eigenvalue weighted by Crippen LogP contribution is -2.15. The van der Waals surface area contributed by atoms with E-state index in [1.165, 1.54) is 0 Å². The average Bonchev–Trinajstić information content (AvgIpc) is 2.19. The van der Waals surface area contributed by atoms with Crippen molar-refractivity contribution in [2.24, 2.45) is 0 Å². The predicted molar refractivity (Wildman–Crippen MR) is 68.5 cm³/mol. The van der Waals surface area contributed by atoms with E-state index in [2.05, 4.69) is 31.9 Å². The van der Waals surface area contributed by atoms with Gasteiger partial charge in [-0.25, -0.2) is 4.79 Å². The van der Waals surface area contributed by atoms with Gasteiger partial charge >= 0.3 is 5.97 Å². The van der Waals surface area contributed by atoms with E-state index >= 15 is 0 Å². The van der Waals surface area contributed by atoms with Crippen LogP contribution < -0.4 is 0 Å². The fraction of sp³-hybridized carbons (Fsp3) is 0.222. The number of carbonyl (C=O) groups is 1. The summed E-state index contributed by atoms with van der Waals surface area (Å²) in [6.45, 7) is -0.392. The normalized spacial score (nSPS) is 11.2. The molecule has 0 amide bonds. The maximum Gasteiger partial charge on any atom is 0.339 e. The number of hydrogen-bond donors (Lipinski definition) is 1. The van der Waals surface area contributed by atoms with Crippen LogP contribution in [0.2, 0.25) is 0 Å². The highest BCUT2D eigenvalue weighted by atomic mass is 79.9. The lowest BCUT2D eigenvalue weighted by atomic mass is 10.2. The molecule has 0 aromatic heterocycles. The van der Waals surface area contributed by atoms with E-state index in [4.69, 9.17) is 9.29 Å². The van der Waals surface area contributed by atoms with Crippen LogP contribution in [0.25, 0.3) is 0 Å². The van der Waals surface area contributed by atoms with Gasteiger partial charge in [0.25, 0.3) is 10.1 Å². The highest BCUT2D eigenvalue weighted by Gasteiger charge is 2.13. The fourth-order valence-electron chi connectivity index (χ4n) is 0.971. The molecule has 0 aliphatic heterocycles. The van der Waals surface area contributed by atoms with Crippen LogP contribution in [0.4, 0.5) is 0 Å². The van der Waals surface area contributed by atoms with E-state index in [1.54, 1.807) is 18.2 Å². The van der Waals surface area contributed by atoms with Gasteiger partial charge in [0.2, 0.25) is 0 Å². The Bertz CT molecular complexity index is 526. The van der Waals surface area contributed by atoms with Crippen molar-refractivity contribution >= 4 is 47.9 Å². The molecular weight excluding hydrogens is 380 g/mol. The molecule has 0 heterocycles. The maximum absolute atomic E-state index is 11.6. The van der Waals surface area contributed by atoms with Crippen molar-refractivity contribution < 1.29 is 22.5 Å². The summed E-state index contributed by atoms with van der Waals surface area (Å²) in [6.07, 6.45) is 0. The largest absolute Gasteiger partial charge is 0.461 e. The summed E-state index contributed by atoms with van der Waals surface area (Å²) in [7, 11) is -4.12. The first-order chi connectivity index (χ1) is 7.79. The predicted octanol–water partition coefficient (Wildman–Crippen LogP) is 2.26. The molecule has 0 spiro atoms. The second-order valence-corrected chi connectivity index (χ2v) is 6.39. The molecular formula is C9H8Br2O5S. The van der Waals surface area contributed by atoms with Gasteiger partial charge in [-0.3, -0.25) is 4.55 Å². The molecule has 0 atom stereocenters. The molecule has 0 radical (unpaired) electrons. The Kier molecular flexibility index (Phi) is 5.11. The van der Waals surface area contributed by atoms with E-state index in [9.17, 15) is 13.2 Å². The van der Waals surface area contributed by atoms with Gasteiger partial charge in [-0.1, -0.05) is 15.9 Å². The Labute approximate surface area is 115 Å². The molecule has 8 heteroatoms. The Morgan fingerprint density at radius 2 is 2.00 bits per heavy atom. The molecule has 0 fully saturated rings. The monoisotopic (exact) mass is 386 g/mol. The second-order valence-electron chi connectivity index (χ2n) is 3.05. The van der Waals surface area contributed by atoms with E-state index in [-0.39, 0.29) is 5.56 Å². The van der Waals surface area contributed by atoms with E-state index < -0.39 is 28.4 Å². The quantitative estimate of drug-likeness (QED) is 0.633. The first-order valence-corrected chi connectivity index (χ1v) is 7.56. The molecule has 0 aliphatic carbocycles. The number of ether oxygens (including phenoxy) is 1. The van der Waals surface area contributed by atoms with Crippen molar-refractivity contribution in [3.63, 3.8) is 0 Å². The zero-order valence-corrected chi connectivity index (χ0v) is 12.4. The summed E-state index contributed by atoms with van der Waals surface area (Å²) in [5.74, 6) is -1.29. The zero-order chi connectivity index (χ0) is 13.1. The Morgan fingerprint density at radius 1 is 1.35 bits per heavy atom. The smallest absolute Gasteiger partial charge is 0.339 e. The molecule has 1 rings (SSSR count). The second kappa shape index (κ2) is 5.94. The standard InChI is InChI=1S/C9H8Br2O5S/c10-6-1-2-8(11)7(5-6)9(12)16-3-4-17(13,14)15/h1-2,5H,3-4H2,(H,13,14,15). The van der Waals surface area contributed by atoms with Crippen LogP contribution in [-0.2, 0) is 14.9 Å². The summed E-state index contributed by atoms with van der Waals surface area (Å²) in [4.78, 5) is 11.6. The van der Waals surface area contributed by atoms with Gasteiger partial charge in [0.1, 0.15) is 12.4 Å². The minimum Gasteiger partial charge on any atom is -0.461 e. The van der Waals surface area contributed by atoms with Crippen LogP contribution in [0, 0.1) is 0 Å². The van der Waals surface area contributed by atoms with Crippen LogP contribution in [-0.4, -0.2) is 31.3 Å². The van der Waals surface area contributed by atoms with Gasteiger partial charge in [-0.15, -0.1) is 0 Å². The first-order valence-electron chi connectivity index (χ1n) is 4.37. The number of rotatable bonds is 4. The molecule has 5 nitrogen and oxygen atoms in total. The Balaban J connectivity index is 2.67. The fourth-order valence-corrected chi connectivity index (χ4v) is 2.03. The number of benzene rings is 1. The minimum absolute atomic E-state index is 0.273. The summed E-state index contributed by atoms with van der Waals surface area (Å²) in [6, 6.07) is 4.93. The van der Waals surface area contributed by atoms with Crippen molar-refractivity contribution in [2.45, 2.75) is 0 Å². The van der Waals surface area contributed by atoms with Gasteiger partial charge in [-0.05, 0) is 34.1 Å². The molecule has 0 saturated heterocycles. The maximum atomic E-state index is 11.6. The van der Waals surface area contributed by atoms with Crippen molar-refractivity contribution in [3.05, 3.63) is 32.7 Å². The van der Waals surface area contributed by atoms with Crippen molar-refractivity contribution in [3.8, 4) is 0 Å². The van der Waals surface area contributed by atoms with E-state index in [0.717, 1.165) is 0 Å². The van der Waals surface area contributed by atoms with Crippen molar-refractivity contribution in [1.29, 1.82) is 0 Å². The third-order valence-electron chi connectivity index (χ3n) is 1.72. The summed E-state index contributed by atoms with van der Waals surface area (Å²) in [5.41, 5.74) is 0.273. The number of carbonyl (C=O) groups excluding carboxylic acids is 1. The van der Waals surface area contributed by atoms with Gasteiger partial charge in [0, 0.05) is 8.95 Å². The molecule has 94 valence electrons. The topological polar surface area (TPSA) is 80.7 Å². The van der Waals surface area contributed by atoms with Gasteiger partial charge in [0.15, 0.2) is 0 Å². The third kappa shape index (κ3) is 5.15. The number of hydrogen-bond acceptors (Lipinski definition) is 4. The number of halogens is 2. The molecule has 0 saturated carbocycles. The van der Waals surface area contributed by atoms with Gasteiger partial charge < -0.3 is 4.74 Å². The number of esters is 1. The summed E-state index contributed by atoms with van der Waals surface area (Å²) >= 11 is 6.37. The highest BCUT2D eigenvalue weighted by Crippen LogP contribution is 2.22. The average molecular weight is 388 g/mol. The summed E-state index contributed by atoms with van der Waals surface area (Å²) in [5, 5.41) is 0. The molecule has 17 heavy (non-hydrogen) atoms. The van der Waals surface area contributed by atoms with Gasteiger partial charge in [-0.2, -0.15) is 8.42 Å². The van der Waals surface area contributed by atoms with Crippen LogP contribution in [0.5, 0.6) is 0 Å². The molecule has 0 bridgehead atoms. The molecule has 1 aromatic carbocycles. The molecule has 0 unspecified atom stereocenters. The Hall–Kier alpha value is -0.440. The minimum atomic E-state index is -4.12. The van der Waals surface area contributed by atoms with Crippen LogP contribution >= 0.6 is 31.9 Å². The van der Waals surface area contributed by atoms with Gasteiger partial charge in [0.05, 0.1) is 5.56 Å². The highest BCUT2D eigenvalue weighted by molar-refractivity contribution is 9.11. The van der Waals surface area contributed by atoms with Crippen molar-refractivity contribution in [2.75, 3.05) is 12.4 Å². The zero-order valence-electron chi connectivity index (χ0n) is 8.39. The molecule has 1 aromatic rings. The van der Waals surface area contributed by atoms with Crippen LogP contribution in [0.15, 0.2) is 27.1 Å². The van der Waals surface area contributed by atoms with E-state index in [1.807, 2.05) is 0 Å². The third-order valence-corrected chi connectivity index (χ3v) is 3.59. The van der Waals surface area contributed by atoms with E-state index in [0.29, 0.717) is 8.95 Å². The van der Waals surface area contributed by atoms with Crippen LogP contribution in [0.3, 0.4) is 0 Å². The SMILES string of the molecule is O=C(OCCS(=O)(=O)O)c1cc(Br)ccc1Br. The molecule has 1 N–H and O–H groups in total. The van der Waals surface area contributed by atoms with Crippen LogP contribution in [0.1, 0.15) is 10.4 Å². The Morgan fingerprint density at radius 3 is 2.59 bits per heavy atom. The first kappa shape index (κ1) is 14.6. The summed E-state index contributed by atoms with van der Waals surface area (Å²) < 4.78 is 35.2. The van der Waals surface area contributed by atoms with Crippen molar-refractivity contribution in [1.82, 2.24) is 0 Å².